The molecule has 0 atom stereocenters. The number of nitrogens with zero attached hydrogens (tertiary/aromatic N) is 3. The lowest BCUT2D eigenvalue weighted by atomic mass is 10.1. The molecule has 1 aliphatic carbocycles. The van der Waals surface area contributed by atoms with Crippen LogP contribution in [0.25, 0.3) is 11.4 Å². The summed E-state index contributed by atoms with van der Waals surface area (Å²) in [7, 11) is 3.27. The molecule has 0 saturated heterocycles. The highest BCUT2D eigenvalue weighted by Crippen LogP contribution is 2.39. The first-order chi connectivity index (χ1) is 14.9. The van der Waals surface area contributed by atoms with Gasteiger partial charge >= 0.3 is 5.97 Å². The molecule has 3 aromatic rings. The van der Waals surface area contributed by atoms with Crippen molar-refractivity contribution < 1.29 is 14.3 Å². The summed E-state index contributed by atoms with van der Waals surface area (Å²) in [5.74, 6) is 0.858. The minimum atomic E-state index is -0.392. The number of rotatable bonds is 7. The Kier molecular flexibility index (Phi) is 6.49. The van der Waals surface area contributed by atoms with Crippen LogP contribution < -0.4 is 5.32 Å². The molecule has 31 heavy (non-hydrogen) atoms. The number of amides is 1. The summed E-state index contributed by atoms with van der Waals surface area (Å²) in [5, 5.41) is 14.8. The minimum absolute atomic E-state index is 0.177. The number of esters is 1. The fraction of sp³-hybridized carbons (Fsp3) is 0.429. The van der Waals surface area contributed by atoms with Crippen molar-refractivity contribution in [1.29, 1.82) is 0 Å². The summed E-state index contributed by atoms with van der Waals surface area (Å²) in [6.45, 7) is 4.33. The van der Waals surface area contributed by atoms with E-state index in [4.69, 9.17) is 4.74 Å². The van der Waals surface area contributed by atoms with E-state index < -0.39 is 5.97 Å². The number of aryl methyl sites for hydroxylation is 1. The Balaban J connectivity index is 1.43. The number of fused-ring (bicyclic) bond motifs is 1. The zero-order valence-electron chi connectivity index (χ0n) is 17.9. The van der Waals surface area contributed by atoms with Crippen molar-refractivity contribution in [1.82, 2.24) is 14.8 Å². The average molecular weight is 477 g/mol. The maximum atomic E-state index is 12.6. The van der Waals surface area contributed by atoms with E-state index in [1.165, 1.54) is 35.1 Å². The molecule has 3 heterocycles. The van der Waals surface area contributed by atoms with Crippen LogP contribution in [0.3, 0.4) is 0 Å². The molecule has 0 unspecified atom stereocenters. The second-order valence-electron chi connectivity index (χ2n) is 7.65. The maximum absolute atomic E-state index is 12.6. The lowest BCUT2D eigenvalue weighted by Gasteiger charge is -2.07. The fourth-order valence-corrected chi connectivity index (χ4v) is 6.48. The van der Waals surface area contributed by atoms with E-state index in [0.717, 1.165) is 41.1 Å². The van der Waals surface area contributed by atoms with E-state index >= 15 is 0 Å². The molecule has 1 aliphatic rings. The second-order valence-corrected chi connectivity index (χ2v) is 10.6. The molecule has 0 aliphatic heterocycles. The highest BCUT2D eigenvalue weighted by atomic mass is 32.2. The lowest BCUT2D eigenvalue weighted by molar-refractivity contribution is -0.113. The van der Waals surface area contributed by atoms with E-state index in [1.807, 2.05) is 11.6 Å². The molecule has 1 amide bonds. The monoisotopic (exact) mass is 476 g/mol. The number of carbonyl (C=O) groups is 2. The van der Waals surface area contributed by atoms with Crippen LogP contribution in [0.2, 0.25) is 0 Å². The van der Waals surface area contributed by atoms with Gasteiger partial charge in [0.15, 0.2) is 11.0 Å². The molecule has 0 fully saturated rings. The predicted octanol–water partition coefficient (Wildman–Crippen LogP) is 4.73. The molecule has 0 radical (unpaired) electrons. The summed E-state index contributed by atoms with van der Waals surface area (Å²) < 4.78 is 6.85. The summed E-state index contributed by atoms with van der Waals surface area (Å²) in [6.07, 6.45) is 2.83. The maximum Gasteiger partial charge on any atom is 0.341 e. The molecule has 10 heteroatoms. The normalized spacial score (nSPS) is 12.9. The largest absolute Gasteiger partial charge is 0.465 e. The molecular formula is C21H24N4O3S3. The zero-order valence-corrected chi connectivity index (χ0v) is 20.3. The van der Waals surface area contributed by atoms with Gasteiger partial charge in [-0.3, -0.25) is 4.79 Å². The van der Waals surface area contributed by atoms with E-state index in [0.29, 0.717) is 21.6 Å². The third-order valence-electron chi connectivity index (χ3n) is 5.18. The molecule has 164 valence electrons. The van der Waals surface area contributed by atoms with Crippen molar-refractivity contribution in [3.8, 4) is 11.4 Å². The first-order valence-corrected chi connectivity index (χ1v) is 12.7. The van der Waals surface area contributed by atoms with Crippen LogP contribution >= 0.6 is 34.4 Å². The molecule has 1 N–H and O–H groups in total. The molecule has 0 spiro atoms. The Morgan fingerprint density at radius 3 is 2.84 bits per heavy atom. The van der Waals surface area contributed by atoms with Gasteiger partial charge in [-0.1, -0.05) is 25.6 Å². The lowest BCUT2D eigenvalue weighted by Crippen LogP contribution is -2.16. The minimum Gasteiger partial charge on any atom is -0.465 e. The summed E-state index contributed by atoms with van der Waals surface area (Å²) in [6, 6.07) is 2.14. The summed E-state index contributed by atoms with van der Waals surface area (Å²) in [4.78, 5) is 27.3. The number of aromatic nitrogens is 3. The number of carbonyl (C=O) groups excluding carboxylic acids is 2. The van der Waals surface area contributed by atoms with Crippen LogP contribution in [0.4, 0.5) is 5.00 Å². The number of hydrogen-bond acceptors (Lipinski definition) is 8. The Morgan fingerprint density at radius 2 is 2.13 bits per heavy atom. The standard InChI is InChI=1S/C21H24N4O3S3/c1-11(2)15-8-12(9-29-15)18-23-24-21(25(18)3)30-10-16(26)22-19-17(20(27)28-4)13-6-5-7-14(13)31-19/h8-9,11H,5-7,10H2,1-4H3,(H,22,26). The first kappa shape index (κ1) is 22.0. The van der Waals surface area contributed by atoms with Crippen molar-refractivity contribution in [2.45, 2.75) is 44.2 Å². The van der Waals surface area contributed by atoms with Gasteiger partial charge in [0.2, 0.25) is 5.91 Å². The highest BCUT2D eigenvalue weighted by Gasteiger charge is 2.28. The van der Waals surface area contributed by atoms with Crippen molar-refractivity contribution in [2.24, 2.45) is 7.05 Å². The smallest absolute Gasteiger partial charge is 0.341 e. The topological polar surface area (TPSA) is 86.1 Å². The van der Waals surface area contributed by atoms with Crippen LogP contribution in [-0.4, -0.2) is 39.5 Å². The highest BCUT2D eigenvalue weighted by molar-refractivity contribution is 7.99. The van der Waals surface area contributed by atoms with E-state index in [-0.39, 0.29) is 11.7 Å². The van der Waals surface area contributed by atoms with Gasteiger partial charge in [0.25, 0.3) is 0 Å². The molecular weight excluding hydrogens is 452 g/mol. The van der Waals surface area contributed by atoms with Crippen LogP contribution in [0.5, 0.6) is 0 Å². The van der Waals surface area contributed by atoms with E-state index in [2.05, 4.69) is 40.8 Å². The van der Waals surface area contributed by atoms with Crippen LogP contribution in [-0.2, 0) is 29.4 Å². The van der Waals surface area contributed by atoms with Crippen molar-refractivity contribution in [3.63, 3.8) is 0 Å². The molecule has 7 nitrogen and oxygen atoms in total. The van der Waals surface area contributed by atoms with Crippen LogP contribution in [0.15, 0.2) is 16.6 Å². The molecule has 4 rings (SSSR count). The van der Waals surface area contributed by atoms with Crippen molar-refractivity contribution in [2.75, 3.05) is 18.2 Å². The Morgan fingerprint density at radius 1 is 1.32 bits per heavy atom. The van der Waals surface area contributed by atoms with Crippen LogP contribution in [0, 0.1) is 0 Å². The Bertz CT molecular complexity index is 1130. The number of hydrogen-bond donors (Lipinski definition) is 1. The third kappa shape index (κ3) is 4.42. The average Bonchev–Trinajstić information content (AvgIpc) is 3.49. The Hall–Kier alpha value is -2.17. The number of ether oxygens (including phenoxy) is 1. The van der Waals surface area contributed by atoms with E-state index in [1.54, 1.807) is 11.3 Å². The van der Waals surface area contributed by atoms with Gasteiger partial charge in [-0.15, -0.1) is 32.9 Å². The summed E-state index contributed by atoms with van der Waals surface area (Å²) >= 11 is 4.52. The third-order valence-corrected chi connectivity index (χ3v) is 8.64. The van der Waals surface area contributed by atoms with Gasteiger partial charge < -0.3 is 14.6 Å². The van der Waals surface area contributed by atoms with Gasteiger partial charge in [-0.2, -0.15) is 0 Å². The van der Waals surface area contributed by atoms with Gasteiger partial charge in [0.05, 0.1) is 18.4 Å². The van der Waals surface area contributed by atoms with Crippen molar-refractivity contribution in [3.05, 3.63) is 32.3 Å². The first-order valence-electron chi connectivity index (χ1n) is 10.0. The SMILES string of the molecule is COC(=O)c1c(NC(=O)CSc2nnc(-c3csc(C(C)C)c3)n2C)sc2c1CCC2. The number of nitrogens with one attached hydrogen (secondary N) is 1. The fourth-order valence-electron chi connectivity index (χ4n) is 3.57. The van der Waals surface area contributed by atoms with Gasteiger partial charge in [0, 0.05) is 27.7 Å². The van der Waals surface area contributed by atoms with Crippen molar-refractivity contribution >= 4 is 51.3 Å². The van der Waals surface area contributed by atoms with Crippen LogP contribution in [0.1, 0.15) is 51.9 Å². The van der Waals surface area contributed by atoms with Gasteiger partial charge in [-0.25, -0.2) is 4.79 Å². The second kappa shape index (κ2) is 9.13. The number of thiophene rings is 2. The van der Waals surface area contributed by atoms with E-state index in [9.17, 15) is 9.59 Å². The molecule has 3 aromatic heterocycles. The van der Waals surface area contributed by atoms with Gasteiger partial charge in [-0.05, 0) is 36.8 Å². The molecule has 0 saturated carbocycles. The predicted molar refractivity (Wildman–Crippen MR) is 125 cm³/mol. The molecule has 0 bridgehead atoms. The Labute approximate surface area is 193 Å². The summed E-state index contributed by atoms with van der Waals surface area (Å²) in [5.41, 5.74) is 2.57. The number of methoxy groups -OCH3 is 1. The van der Waals surface area contributed by atoms with Gasteiger partial charge in [0.1, 0.15) is 5.00 Å². The quantitative estimate of drug-likeness (QED) is 0.392. The zero-order chi connectivity index (χ0) is 22.1. The number of thioether (sulfide) groups is 1. The number of anilines is 1. The molecule has 0 aromatic carbocycles.